The summed E-state index contributed by atoms with van der Waals surface area (Å²) in [6, 6.07) is 30.2. The number of nitrogens with zero attached hydrogens (tertiary/aromatic N) is 3. The van der Waals surface area contributed by atoms with Crippen molar-refractivity contribution >= 4 is 72.9 Å². The topological polar surface area (TPSA) is 45.0 Å². The molecular weight excluding hydrogens is 554 g/mol. The zero-order chi connectivity index (χ0) is 24.6. The van der Waals surface area contributed by atoms with E-state index in [-0.39, 0.29) is 11.9 Å². The number of benzene rings is 4. The Balaban J connectivity index is 1.36. The van der Waals surface area contributed by atoms with Crippen molar-refractivity contribution < 1.29 is 4.79 Å². The van der Waals surface area contributed by atoms with E-state index in [1.54, 1.807) is 0 Å². The minimum atomic E-state index is -0.251. The average molecular weight is 573 g/mol. The third-order valence-corrected chi connectivity index (χ3v) is 7.92. The van der Waals surface area contributed by atoms with Gasteiger partial charge in [-0.05, 0) is 75.6 Å². The highest BCUT2D eigenvalue weighted by atomic mass is 79.9. The van der Waals surface area contributed by atoms with Crippen LogP contribution >= 0.6 is 39.3 Å². The Morgan fingerprint density at radius 3 is 2.56 bits per heavy atom. The smallest absolute Gasteiger partial charge is 0.266 e. The van der Waals surface area contributed by atoms with Gasteiger partial charge in [-0.15, -0.1) is 0 Å². The van der Waals surface area contributed by atoms with Gasteiger partial charge in [-0.25, -0.2) is 5.01 Å². The number of hydrazone groups is 1. The van der Waals surface area contributed by atoms with Crippen LogP contribution in [0.3, 0.4) is 0 Å². The van der Waals surface area contributed by atoms with Crippen LogP contribution in [0.15, 0.2) is 110 Å². The normalized spacial score (nSPS) is 18.7. The summed E-state index contributed by atoms with van der Waals surface area (Å²) in [5.74, 6) is -0.251. The summed E-state index contributed by atoms with van der Waals surface area (Å²) in [5, 5.41) is 10.5. The van der Waals surface area contributed by atoms with Crippen molar-refractivity contribution in [2.45, 2.75) is 12.5 Å². The van der Waals surface area contributed by atoms with Gasteiger partial charge < -0.3 is 0 Å². The molecular formula is C29H19BrClN3OS. The number of amides is 1. The van der Waals surface area contributed by atoms with E-state index in [0.29, 0.717) is 21.5 Å². The Kier molecular flexibility index (Phi) is 6.25. The van der Waals surface area contributed by atoms with E-state index < -0.39 is 0 Å². The minimum Gasteiger partial charge on any atom is -0.266 e. The predicted molar refractivity (Wildman–Crippen MR) is 153 cm³/mol. The van der Waals surface area contributed by atoms with E-state index >= 15 is 0 Å². The van der Waals surface area contributed by atoms with E-state index in [1.165, 1.54) is 22.5 Å². The number of carbonyl (C=O) groups excluding carboxylic acids is 1. The molecule has 2 heterocycles. The number of fused-ring (bicyclic) bond motifs is 1. The van der Waals surface area contributed by atoms with Crippen molar-refractivity contribution in [2.75, 3.05) is 0 Å². The second-order valence-corrected chi connectivity index (χ2v) is 11.0. The number of amidine groups is 1. The number of hydrogen-bond acceptors (Lipinski definition) is 4. The molecule has 2 aliphatic heterocycles. The van der Waals surface area contributed by atoms with Crippen molar-refractivity contribution in [3.8, 4) is 0 Å². The third-order valence-electron chi connectivity index (χ3n) is 6.20. The molecule has 4 aromatic rings. The lowest BCUT2D eigenvalue weighted by atomic mass is 9.97. The van der Waals surface area contributed by atoms with Gasteiger partial charge in [0.25, 0.3) is 5.91 Å². The first-order valence-electron chi connectivity index (χ1n) is 11.4. The van der Waals surface area contributed by atoms with Gasteiger partial charge in [-0.2, -0.15) is 10.1 Å². The quantitative estimate of drug-likeness (QED) is 0.233. The lowest BCUT2D eigenvalue weighted by Crippen LogP contribution is -2.23. The maximum atomic E-state index is 12.8. The van der Waals surface area contributed by atoms with Crippen molar-refractivity contribution in [1.29, 1.82) is 0 Å². The fraction of sp³-hybridized carbons (Fsp3) is 0.0690. The van der Waals surface area contributed by atoms with Crippen LogP contribution in [0.4, 0.5) is 0 Å². The molecule has 0 fully saturated rings. The third kappa shape index (κ3) is 4.64. The van der Waals surface area contributed by atoms with Gasteiger partial charge in [0.1, 0.15) is 0 Å². The number of rotatable bonds is 3. The Bertz CT molecular complexity index is 1600. The van der Waals surface area contributed by atoms with Crippen LogP contribution in [0.5, 0.6) is 0 Å². The summed E-state index contributed by atoms with van der Waals surface area (Å²) in [6.45, 7) is 0. The Labute approximate surface area is 226 Å². The van der Waals surface area contributed by atoms with Crippen molar-refractivity contribution in [1.82, 2.24) is 5.01 Å². The van der Waals surface area contributed by atoms with E-state index in [9.17, 15) is 4.79 Å². The SMILES string of the molecule is O=C1N=C(N2N=C(c3ccc4ccccc4c3)CC2c2ccc(Cl)cc2)S/C1=C\c1cccc(Br)c1. The van der Waals surface area contributed by atoms with Gasteiger partial charge in [-0.1, -0.05) is 88.2 Å². The molecule has 2 aliphatic rings. The average Bonchev–Trinajstić information content (AvgIpc) is 3.48. The lowest BCUT2D eigenvalue weighted by Gasteiger charge is -2.22. The van der Waals surface area contributed by atoms with Crippen molar-refractivity contribution in [2.24, 2.45) is 10.1 Å². The molecule has 4 nitrogen and oxygen atoms in total. The molecule has 1 amide bonds. The summed E-state index contributed by atoms with van der Waals surface area (Å²) in [4.78, 5) is 17.8. The highest BCUT2D eigenvalue weighted by molar-refractivity contribution is 9.10. The number of halogens is 2. The summed E-state index contributed by atoms with van der Waals surface area (Å²) in [7, 11) is 0. The first-order chi connectivity index (χ1) is 17.5. The van der Waals surface area contributed by atoms with Crippen molar-refractivity contribution in [3.05, 3.63) is 122 Å². The van der Waals surface area contributed by atoms with Crippen LogP contribution < -0.4 is 0 Å². The largest absolute Gasteiger partial charge is 0.286 e. The predicted octanol–water partition coefficient (Wildman–Crippen LogP) is 8.08. The number of aliphatic imine (C=N–C) groups is 1. The Hall–Kier alpha value is -3.19. The Morgan fingerprint density at radius 1 is 0.944 bits per heavy atom. The molecule has 6 rings (SSSR count). The van der Waals surface area contributed by atoms with E-state index in [0.717, 1.165) is 26.9 Å². The van der Waals surface area contributed by atoms with Crippen LogP contribution in [0.25, 0.3) is 16.8 Å². The molecule has 0 saturated heterocycles. The summed E-state index contributed by atoms with van der Waals surface area (Å²) < 4.78 is 0.959. The molecule has 0 aliphatic carbocycles. The molecule has 36 heavy (non-hydrogen) atoms. The van der Waals surface area contributed by atoms with Gasteiger partial charge in [-0.3, -0.25) is 4.79 Å². The molecule has 4 aromatic carbocycles. The zero-order valence-corrected chi connectivity index (χ0v) is 22.1. The number of thioether (sulfide) groups is 1. The molecule has 176 valence electrons. The van der Waals surface area contributed by atoms with Gasteiger partial charge in [0.05, 0.1) is 16.7 Å². The number of carbonyl (C=O) groups is 1. The molecule has 0 radical (unpaired) electrons. The maximum Gasteiger partial charge on any atom is 0.286 e. The van der Waals surface area contributed by atoms with Crippen LogP contribution in [-0.2, 0) is 4.79 Å². The monoisotopic (exact) mass is 571 g/mol. The first-order valence-corrected chi connectivity index (χ1v) is 13.4. The second-order valence-electron chi connectivity index (χ2n) is 8.59. The van der Waals surface area contributed by atoms with E-state index in [1.807, 2.05) is 71.7 Å². The van der Waals surface area contributed by atoms with Crippen molar-refractivity contribution in [3.63, 3.8) is 0 Å². The molecule has 0 bridgehead atoms. The zero-order valence-electron chi connectivity index (χ0n) is 18.9. The molecule has 1 unspecified atom stereocenters. The molecule has 0 N–H and O–H groups in total. The fourth-order valence-electron chi connectivity index (χ4n) is 4.42. The van der Waals surface area contributed by atoms with E-state index in [4.69, 9.17) is 16.7 Å². The maximum absolute atomic E-state index is 12.8. The summed E-state index contributed by atoms with van der Waals surface area (Å²) in [6.07, 6.45) is 2.56. The van der Waals surface area contributed by atoms with Crippen LogP contribution in [-0.4, -0.2) is 21.8 Å². The van der Waals surface area contributed by atoms with Gasteiger partial charge in [0.15, 0.2) is 5.17 Å². The molecule has 0 spiro atoms. The highest BCUT2D eigenvalue weighted by Crippen LogP contribution is 2.40. The Morgan fingerprint density at radius 2 is 1.75 bits per heavy atom. The van der Waals surface area contributed by atoms with Crippen LogP contribution in [0.1, 0.15) is 29.2 Å². The van der Waals surface area contributed by atoms with Gasteiger partial charge in [0.2, 0.25) is 0 Å². The first kappa shape index (κ1) is 23.2. The molecule has 7 heteroatoms. The van der Waals surface area contributed by atoms with Crippen LogP contribution in [0, 0.1) is 0 Å². The standard InChI is InChI=1S/C29H19BrClN3OS/c30-23-7-3-4-18(14-23)15-27-28(35)32-29(36-27)34-26(20-10-12-24(31)13-11-20)17-25(33-34)22-9-8-19-5-1-2-6-21(19)16-22/h1-16,26H,17H2/b27-15-. The summed E-state index contributed by atoms with van der Waals surface area (Å²) in [5.41, 5.74) is 4.03. The lowest BCUT2D eigenvalue weighted by molar-refractivity contribution is -0.113. The number of hydrogen-bond donors (Lipinski definition) is 0. The highest BCUT2D eigenvalue weighted by Gasteiger charge is 2.36. The molecule has 1 atom stereocenters. The van der Waals surface area contributed by atoms with E-state index in [2.05, 4.69) is 51.3 Å². The second kappa shape index (κ2) is 9.69. The molecule has 0 aromatic heterocycles. The molecule has 0 saturated carbocycles. The van der Waals surface area contributed by atoms with Gasteiger partial charge in [0, 0.05) is 15.9 Å². The van der Waals surface area contributed by atoms with Crippen LogP contribution in [0.2, 0.25) is 5.02 Å². The summed E-state index contributed by atoms with van der Waals surface area (Å²) >= 11 is 11.0. The van der Waals surface area contributed by atoms with Gasteiger partial charge >= 0.3 is 0 Å². The fourth-order valence-corrected chi connectivity index (χ4v) is 5.88. The minimum absolute atomic E-state index is 0.0898.